The Kier molecular flexibility index (Phi) is 4.85. The van der Waals surface area contributed by atoms with Gasteiger partial charge in [0, 0.05) is 10.6 Å². The Bertz CT molecular complexity index is 464. The van der Waals surface area contributed by atoms with Gasteiger partial charge in [-0.05, 0) is 31.0 Å². The highest BCUT2D eigenvalue weighted by atomic mass is 32.2. The molecule has 0 bridgehead atoms. The van der Waals surface area contributed by atoms with E-state index in [2.05, 4.69) is 43.3 Å². The van der Waals surface area contributed by atoms with Gasteiger partial charge in [0.25, 0.3) is 0 Å². The summed E-state index contributed by atoms with van der Waals surface area (Å²) in [6, 6.07) is 18.6. The van der Waals surface area contributed by atoms with E-state index in [1.807, 2.05) is 18.2 Å². The normalized spacial score (nSPS) is 12.3. The van der Waals surface area contributed by atoms with Crippen LogP contribution in [0.25, 0.3) is 0 Å². The molecule has 2 heteroatoms. The summed E-state index contributed by atoms with van der Waals surface area (Å²) in [4.78, 5) is 1.21. The maximum absolute atomic E-state index is 10.0. The van der Waals surface area contributed by atoms with Gasteiger partial charge in [-0.2, -0.15) is 0 Å². The molecular formula is C16H18OS. The SMILES string of the molecule is Cc1ccc(CC(O)CSc2ccccc2)cc1. The van der Waals surface area contributed by atoms with E-state index in [1.165, 1.54) is 16.0 Å². The third-order valence-corrected chi connectivity index (χ3v) is 3.93. The molecule has 0 aliphatic heterocycles. The van der Waals surface area contributed by atoms with Crippen LogP contribution >= 0.6 is 11.8 Å². The summed E-state index contributed by atoms with van der Waals surface area (Å²) < 4.78 is 0. The maximum Gasteiger partial charge on any atom is 0.0674 e. The van der Waals surface area contributed by atoms with Gasteiger partial charge >= 0.3 is 0 Å². The molecule has 0 saturated heterocycles. The first-order valence-electron chi connectivity index (χ1n) is 6.15. The third-order valence-electron chi connectivity index (χ3n) is 2.78. The fourth-order valence-electron chi connectivity index (χ4n) is 1.76. The van der Waals surface area contributed by atoms with Crippen LogP contribution in [0.4, 0.5) is 0 Å². The van der Waals surface area contributed by atoms with Crippen molar-refractivity contribution in [3.63, 3.8) is 0 Å². The molecule has 1 N–H and O–H groups in total. The van der Waals surface area contributed by atoms with Crippen LogP contribution in [-0.2, 0) is 6.42 Å². The number of aliphatic hydroxyl groups is 1. The van der Waals surface area contributed by atoms with Gasteiger partial charge in [-0.25, -0.2) is 0 Å². The summed E-state index contributed by atoms with van der Waals surface area (Å²) in [7, 11) is 0. The minimum absolute atomic E-state index is 0.294. The number of hydrogen-bond donors (Lipinski definition) is 1. The topological polar surface area (TPSA) is 20.2 Å². The summed E-state index contributed by atoms with van der Waals surface area (Å²) in [6.45, 7) is 2.07. The molecule has 1 unspecified atom stereocenters. The highest BCUT2D eigenvalue weighted by Gasteiger charge is 2.06. The van der Waals surface area contributed by atoms with Gasteiger partial charge in [0.2, 0.25) is 0 Å². The van der Waals surface area contributed by atoms with E-state index in [9.17, 15) is 5.11 Å². The summed E-state index contributed by atoms with van der Waals surface area (Å²) in [5.74, 6) is 0.734. The van der Waals surface area contributed by atoms with Crippen molar-refractivity contribution in [2.24, 2.45) is 0 Å². The van der Waals surface area contributed by atoms with Crippen LogP contribution in [0.15, 0.2) is 59.5 Å². The van der Waals surface area contributed by atoms with Crippen molar-refractivity contribution in [2.75, 3.05) is 5.75 Å². The number of benzene rings is 2. The summed E-state index contributed by atoms with van der Waals surface area (Å²) >= 11 is 1.70. The lowest BCUT2D eigenvalue weighted by Crippen LogP contribution is -2.13. The molecule has 0 aromatic heterocycles. The van der Waals surface area contributed by atoms with Crippen LogP contribution in [0.3, 0.4) is 0 Å². The first-order valence-corrected chi connectivity index (χ1v) is 7.14. The van der Waals surface area contributed by atoms with Crippen LogP contribution < -0.4 is 0 Å². The van der Waals surface area contributed by atoms with Gasteiger partial charge in [-0.1, -0.05) is 48.0 Å². The van der Waals surface area contributed by atoms with Crippen molar-refractivity contribution in [3.05, 3.63) is 65.7 Å². The van der Waals surface area contributed by atoms with E-state index in [1.54, 1.807) is 11.8 Å². The first kappa shape index (κ1) is 13.2. The molecular weight excluding hydrogens is 240 g/mol. The van der Waals surface area contributed by atoms with E-state index in [4.69, 9.17) is 0 Å². The highest BCUT2D eigenvalue weighted by Crippen LogP contribution is 2.19. The first-order chi connectivity index (χ1) is 8.74. The van der Waals surface area contributed by atoms with Gasteiger partial charge in [0.1, 0.15) is 0 Å². The second-order valence-electron chi connectivity index (χ2n) is 4.47. The molecule has 2 aromatic rings. The van der Waals surface area contributed by atoms with E-state index < -0.39 is 0 Å². The molecule has 0 spiro atoms. The fraction of sp³-hybridized carbons (Fsp3) is 0.250. The Hall–Kier alpha value is -1.25. The quantitative estimate of drug-likeness (QED) is 0.825. The smallest absolute Gasteiger partial charge is 0.0674 e. The van der Waals surface area contributed by atoms with Crippen molar-refractivity contribution >= 4 is 11.8 Å². The van der Waals surface area contributed by atoms with Crippen molar-refractivity contribution in [1.82, 2.24) is 0 Å². The molecule has 1 atom stereocenters. The highest BCUT2D eigenvalue weighted by molar-refractivity contribution is 7.99. The number of aliphatic hydroxyl groups excluding tert-OH is 1. The van der Waals surface area contributed by atoms with E-state index in [0.29, 0.717) is 0 Å². The van der Waals surface area contributed by atoms with Crippen LogP contribution in [-0.4, -0.2) is 17.0 Å². The fourth-order valence-corrected chi connectivity index (χ4v) is 2.62. The molecule has 0 amide bonds. The molecule has 0 aliphatic rings. The lowest BCUT2D eigenvalue weighted by molar-refractivity contribution is 0.200. The summed E-state index contributed by atoms with van der Waals surface area (Å²) in [6.07, 6.45) is 0.429. The average Bonchev–Trinajstić information content (AvgIpc) is 2.40. The third kappa shape index (κ3) is 4.21. The number of aryl methyl sites for hydroxylation is 1. The van der Waals surface area contributed by atoms with Crippen molar-refractivity contribution < 1.29 is 5.11 Å². The largest absolute Gasteiger partial charge is 0.392 e. The van der Waals surface area contributed by atoms with Crippen LogP contribution in [0.5, 0.6) is 0 Å². The molecule has 0 fully saturated rings. The lowest BCUT2D eigenvalue weighted by atomic mass is 10.1. The van der Waals surface area contributed by atoms with E-state index in [0.717, 1.165) is 12.2 Å². The lowest BCUT2D eigenvalue weighted by Gasteiger charge is -2.10. The Morgan fingerprint density at radius 2 is 1.67 bits per heavy atom. The van der Waals surface area contributed by atoms with Crippen LogP contribution in [0, 0.1) is 6.92 Å². The standard InChI is InChI=1S/C16H18OS/c1-13-7-9-14(10-8-13)11-15(17)12-18-16-5-3-2-4-6-16/h2-10,15,17H,11-12H2,1H3. The average molecular weight is 258 g/mol. The van der Waals surface area contributed by atoms with Gasteiger partial charge in [0.15, 0.2) is 0 Å². The molecule has 0 radical (unpaired) electrons. The molecule has 18 heavy (non-hydrogen) atoms. The Morgan fingerprint density at radius 1 is 1.00 bits per heavy atom. The van der Waals surface area contributed by atoms with Crippen molar-refractivity contribution in [2.45, 2.75) is 24.3 Å². The minimum atomic E-state index is -0.294. The molecule has 1 nitrogen and oxygen atoms in total. The predicted octanol–water partition coefficient (Wildman–Crippen LogP) is 3.69. The zero-order valence-electron chi connectivity index (χ0n) is 10.5. The van der Waals surface area contributed by atoms with Gasteiger partial charge in [-0.3, -0.25) is 0 Å². The molecule has 2 rings (SSSR count). The van der Waals surface area contributed by atoms with Crippen molar-refractivity contribution in [1.29, 1.82) is 0 Å². The van der Waals surface area contributed by atoms with Crippen LogP contribution in [0.2, 0.25) is 0 Å². The number of thioether (sulfide) groups is 1. The van der Waals surface area contributed by atoms with Gasteiger partial charge in [0.05, 0.1) is 6.10 Å². The Morgan fingerprint density at radius 3 is 2.33 bits per heavy atom. The zero-order chi connectivity index (χ0) is 12.8. The van der Waals surface area contributed by atoms with Gasteiger partial charge in [-0.15, -0.1) is 11.8 Å². The molecule has 0 heterocycles. The minimum Gasteiger partial charge on any atom is -0.392 e. The van der Waals surface area contributed by atoms with E-state index >= 15 is 0 Å². The molecule has 2 aromatic carbocycles. The predicted molar refractivity (Wildman–Crippen MR) is 78.1 cm³/mol. The second kappa shape index (κ2) is 6.62. The Labute approximate surface area is 113 Å². The number of rotatable bonds is 5. The van der Waals surface area contributed by atoms with E-state index in [-0.39, 0.29) is 6.10 Å². The Balaban J connectivity index is 1.82. The monoisotopic (exact) mass is 258 g/mol. The summed E-state index contributed by atoms with van der Waals surface area (Å²) in [5.41, 5.74) is 2.45. The van der Waals surface area contributed by atoms with Gasteiger partial charge < -0.3 is 5.11 Å². The summed E-state index contributed by atoms with van der Waals surface area (Å²) in [5, 5.41) is 10.0. The number of hydrogen-bond acceptors (Lipinski definition) is 2. The zero-order valence-corrected chi connectivity index (χ0v) is 11.4. The molecule has 0 aliphatic carbocycles. The van der Waals surface area contributed by atoms with Crippen molar-refractivity contribution in [3.8, 4) is 0 Å². The van der Waals surface area contributed by atoms with Crippen LogP contribution in [0.1, 0.15) is 11.1 Å². The second-order valence-corrected chi connectivity index (χ2v) is 5.56. The maximum atomic E-state index is 10.0. The molecule has 94 valence electrons. The molecule has 0 saturated carbocycles.